The molecule has 7 nitrogen and oxygen atoms in total. The number of nitrogens with one attached hydrogen (secondary N) is 1. The molecule has 3 amide bonds. The molecule has 2 aliphatic rings. The van der Waals surface area contributed by atoms with E-state index in [-0.39, 0.29) is 24.3 Å². The van der Waals surface area contributed by atoms with Crippen LogP contribution < -0.4 is 5.32 Å². The van der Waals surface area contributed by atoms with Crippen LogP contribution in [0.5, 0.6) is 0 Å². The fourth-order valence-electron chi connectivity index (χ4n) is 3.82. The normalized spacial score (nSPS) is 19.5. The molecular formula is C20H35N3O4. The number of likely N-dealkylation sites (N-methyl/N-ethyl adjacent to an activating group) is 1. The van der Waals surface area contributed by atoms with Gasteiger partial charge in [-0.25, -0.2) is 4.79 Å². The number of rotatable bonds is 5. The van der Waals surface area contributed by atoms with E-state index in [2.05, 4.69) is 5.32 Å². The minimum Gasteiger partial charge on any atom is -0.444 e. The van der Waals surface area contributed by atoms with Gasteiger partial charge >= 0.3 is 6.09 Å². The minimum atomic E-state index is -0.613. The van der Waals surface area contributed by atoms with Crippen LogP contribution in [0.3, 0.4) is 0 Å². The zero-order valence-corrected chi connectivity index (χ0v) is 17.3. The summed E-state index contributed by atoms with van der Waals surface area (Å²) in [5.74, 6) is -0.0956. The SMILES string of the molecule is CN(CC(=O)NC(C(=O)N1CCCC1)C1CCCCC1)C(=O)OC(C)(C)C. The zero-order chi connectivity index (χ0) is 20.0. The van der Waals surface area contributed by atoms with Crippen LogP contribution in [0.15, 0.2) is 0 Å². The van der Waals surface area contributed by atoms with Gasteiger partial charge in [-0.2, -0.15) is 0 Å². The molecule has 0 aromatic carbocycles. The fraction of sp³-hybridized carbons (Fsp3) is 0.850. The summed E-state index contributed by atoms with van der Waals surface area (Å²) in [6.45, 7) is 6.78. The first-order valence-corrected chi connectivity index (χ1v) is 10.2. The number of hydrogen-bond acceptors (Lipinski definition) is 4. The lowest BCUT2D eigenvalue weighted by Crippen LogP contribution is -2.54. The van der Waals surface area contributed by atoms with Crippen molar-refractivity contribution in [3.8, 4) is 0 Å². The van der Waals surface area contributed by atoms with Crippen molar-refractivity contribution in [3.63, 3.8) is 0 Å². The molecular weight excluding hydrogens is 346 g/mol. The van der Waals surface area contributed by atoms with Crippen molar-refractivity contribution in [3.05, 3.63) is 0 Å². The molecule has 2 fully saturated rings. The molecule has 1 unspecified atom stereocenters. The highest BCUT2D eigenvalue weighted by molar-refractivity contribution is 5.89. The molecule has 1 N–H and O–H groups in total. The zero-order valence-electron chi connectivity index (χ0n) is 17.3. The Bertz CT molecular complexity index is 532. The Labute approximate surface area is 162 Å². The van der Waals surface area contributed by atoms with Gasteiger partial charge in [-0.3, -0.25) is 9.59 Å². The molecule has 7 heteroatoms. The Morgan fingerprint density at radius 2 is 1.67 bits per heavy atom. The summed E-state index contributed by atoms with van der Waals surface area (Å²) in [6, 6.07) is -0.483. The molecule has 0 aromatic heterocycles. The van der Waals surface area contributed by atoms with E-state index >= 15 is 0 Å². The van der Waals surface area contributed by atoms with Crippen LogP contribution in [0, 0.1) is 5.92 Å². The Kier molecular flexibility index (Phi) is 7.50. The molecule has 0 radical (unpaired) electrons. The summed E-state index contributed by atoms with van der Waals surface area (Å²) in [5, 5.41) is 2.93. The maximum atomic E-state index is 13.0. The van der Waals surface area contributed by atoms with E-state index in [0.717, 1.165) is 51.6 Å². The monoisotopic (exact) mass is 381 g/mol. The number of amides is 3. The van der Waals surface area contributed by atoms with E-state index in [9.17, 15) is 14.4 Å². The van der Waals surface area contributed by atoms with Gasteiger partial charge in [-0.1, -0.05) is 19.3 Å². The quantitative estimate of drug-likeness (QED) is 0.794. The Balaban J connectivity index is 1.97. The minimum absolute atomic E-state index is 0.0349. The van der Waals surface area contributed by atoms with Crippen LogP contribution in [0.4, 0.5) is 4.79 Å². The van der Waals surface area contributed by atoms with Crippen molar-refractivity contribution in [2.75, 3.05) is 26.7 Å². The first-order valence-electron chi connectivity index (χ1n) is 10.2. The third-order valence-corrected chi connectivity index (χ3v) is 5.21. The van der Waals surface area contributed by atoms with Crippen molar-refractivity contribution in [1.82, 2.24) is 15.1 Å². The highest BCUT2D eigenvalue weighted by atomic mass is 16.6. The van der Waals surface area contributed by atoms with Crippen LogP contribution in [0.25, 0.3) is 0 Å². The summed E-state index contributed by atoms with van der Waals surface area (Å²) in [4.78, 5) is 40.8. The van der Waals surface area contributed by atoms with Gasteiger partial charge in [0.15, 0.2) is 0 Å². The summed E-state index contributed by atoms with van der Waals surface area (Å²) < 4.78 is 5.28. The van der Waals surface area contributed by atoms with E-state index in [4.69, 9.17) is 4.74 Å². The Morgan fingerprint density at radius 3 is 2.22 bits per heavy atom. The Morgan fingerprint density at radius 1 is 1.07 bits per heavy atom. The molecule has 1 aliphatic heterocycles. The lowest BCUT2D eigenvalue weighted by molar-refractivity contribution is -0.137. The maximum Gasteiger partial charge on any atom is 0.410 e. The van der Waals surface area contributed by atoms with Gasteiger partial charge in [0.25, 0.3) is 0 Å². The summed E-state index contributed by atoms with van der Waals surface area (Å²) in [6.07, 6.45) is 6.83. The second-order valence-electron chi connectivity index (χ2n) is 8.81. The number of carbonyl (C=O) groups excluding carboxylic acids is 3. The second kappa shape index (κ2) is 9.42. The van der Waals surface area contributed by atoms with Crippen LogP contribution in [0.2, 0.25) is 0 Å². The number of carbonyl (C=O) groups is 3. The molecule has 27 heavy (non-hydrogen) atoms. The van der Waals surface area contributed by atoms with Crippen LogP contribution >= 0.6 is 0 Å². The lowest BCUT2D eigenvalue weighted by atomic mass is 9.83. The van der Waals surface area contributed by atoms with Crippen molar-refractivity contribution >= 4 is 17.9 Å². The van der Waals surface area contributed by atoms with Gasteiger partial charge in [-0.15, -0.1) is 0 Å². The lowest BCUT2D eigenvalue weighted by Gasteiger charge is -2.33. The van der Waals surface area contributed by atoms with Crippen molar-refractivity contribution in [1.29, 1.82) is 0 Å². The first kappa shape index (κ1) is 21.5. The Hall–Kier alpha value is -1.79. The number of ether oxygens (including phenoxy) is 1. The van der Waals surface area contributed by atoms with Gasteiger partial charge in [0, 0.05) is 20.1 Å². The van der Waals surface area contributed by atoms with E-state index in [0.29, 0.717) is 0 Å². The van der Waals surface area contributed by atoms with Crippen molar-refractivity contribution in [2.45, 2.75) is 77.4 Å². The standard InChI is InChI=1S/C20H35N3O4/c1-20(2,3)27-19(26)22(4)14-16(24)21-17(15-10-6-5-7-11-15)18(25)23-12-8-9-13-23/h15,17H,5-14H2,1-4H3,(H,21,24). The molecule has 1 saturated heterocycles. The molecule has 0 spiro atoms. The highest BCUT2D eigenvalue weighted by Gasteiger charge is 2.35. The molecule has 1 atom stereocenters. The van der Waals surface area contributed by atoms with Gasteiger partial charge in [0.05, 0.1) is 0 Å². The topological polar surface area (TPSA) is 79.0 Å². The number of hydrogen-bond donors (Lipinski definition) is 1. The smallest absolute Gasteiger partial charge is 0.410 e. The third-order valence-electron chi connectivity index (χ3n) is 5.21. The molecule has 154 valence electrons. The van der Waals surface area contributed by atoms with Gasteiger partial charge in [0.1, 0.15) is 18.2 Å². The van der Waals surface area contributed by atoms with Crippen LogP contribution in [-0.4, -0.2) is 66.0 Å². The highest BCUT2D eigenvalue weighted by Crippen LogP contribution is 2.28. The molecule has 1 aliphatic carbocycles. The third kappa shape index (κ3) is 6.70. The van der Waals surface area contributed by atoms with Crippen molar-refractivity contribution < 1.29 is 19.1 Å². The first-order chi connectivity index (χ1) is 12.7. The largest absolute Gasteiger partial charge is 0.444 e. The van der Waals surface area contributed by atoms with E-state index in [1.165, 1.54) is 18.4 Å². The van der Waals surface area contributed by atoms with Crippen LogP contribution in [0.1, 0.15) is 65.7 Å². The van der Waals surface area contributed by atoms with Gasteiger partial charge in [0.2, 0.25) is 11.8 Å². The number of nitrogens with zero attached hydrogens (tertiary/aromatic N) is 2. The van der Waals surface area contributed by atoms with Crippen molar-refractivity contribution in [2.24, 2.45) is 5.92 Å². The average molecular weight is 382 g/mol. The maximum absolute atomic E-state index is 13.0. The summed E-state index contributed by atoms with van der Waals surface area (Å²) in [7, 11) is 1.53. The van der Waals surface area contributed by atoms with E-state index in [1.54, 1.807) is 20.8 Å². The second-order valence-corrected chi connectivity index (χ2v) is 8.81. The molecule has 2 rings (SSSR count). The molecule has 0 bridgehead atoms. The molecule has 0 aromatic rings. The number of likely N-dealkylation sites (tertiary alicyclic amines) is 1. The predicted molar refractivity (Wildman–Crippen MR) is 103 cm³/mol. The summed E-state index contributed by atoms with van der Waals surface area (Å²) in [5.41, 5.74) is -0.613. The van der Waals surface area contributed by atoms with E-state index in [1.807, 2.05) is 4.90 Å². The molecule has 1 saturated carbocycles. The average Bonchev–Trinajstić information content (AvgIpc) is 3.13. The van der Waals surface area contributed by atoms with Gasteiger partial charge in [-0.05, 0) is 52.4 Å². The predicted octanol–water partition coefficient (Wildman–Crippen LogP) is 2.54. The fourth-order valence-corrected chi connectivity index (χ4v) is 3.82. The van der Waals surface area contributed by atoms with Gasteiger partial charge < -0.3 is 19.9 Å². The van der Waals surface area contributed by atoms with E-state index < -0.39 is 17.7 Å². The summed E-state index contributed by atoms with van der Waals surface area (Å²) >= 11 is 0. The van der Waals surface area contributed by atoms with Crippen LogP contribution in [-0.2, 0) is 14.3 Å². The molecule has 1 heterocycles.